The monoisotopic (exact) mass is 282 g/mol. The van der Waals surface area contributed by atoms with Crippen LogP contribution in [0.2, 0.25) is 5.02 Å². The molecular formula is C16H11ClN2O. The lowest BCUT2D eigenvalue weighted by atomic mass is 10.1. The molecule has 0 amide bonds. The van der Waals surface area contributed by atoms with E-state index in [0.29, 0.717) is 21.9 Å². The minimum Gasteiger partial charge on any atom is -0.265 e. The molecule has 0 bridgehead atoms. The number of halogens is 1. The maximum Gasteiger partial charge on any atom is 0.291 e. The van der Waals surface area contributed by atoms with Gasteiger partial charge in [-0.15, -0.1) is 0 Å². The van der Waals surface area contributed by atoms with E-state index in [0.717, 1.165) is 10.9 Å². The fourth-order valence-electron chi connectivity index (χ4n) is 2.10. The van der Waals surface area contributed by atoms with Gasteiger partial charge in [-0.2, -0.15) is 0 Å². The van der Waals surface area contributed by atoms with E-state index >= 15 is 0 Å². The Morgan fingerprint density at radius 1 is 0.950 bits per heavy atom. The van der Waals surface area contributed by atoms with Crippen LogP contribution in [0.15, 0.2) is 53.3 Å². The maximum atomic E-state index is 11.9. The van der Waals surface area contributed by atoms with Gasteiger partial charge < -0.3 is 0 Å². The number of hydrogen-bond donors (Lipinski definition) is 0. The van der Waals surface area contributed by atoms with E-state index in [2.05, 4.69) is 9.97 Å². The third-order valence-corrected chi connectivity index (χ3v) is 3.43. The second-order valence-corrected chi connectivity index (χ2v) is 4.87. The number of rotatable bonds is 1. The number of aryl methyl sites for hydroxylation is 1. The first-order valence-corrected chi connectivity index (χ1v) is 6.57. The molecule has 3 nitrogen and oxygen atoms in total. The normalized spacial score (nSPS) is 10.7. The Bertz CT molecular complexity index is 862. The molecule has 0 spiro atoms. The van der Waals surface area contributed by atoms with Crippen molar-refractivity contribution >= 4 is 22.5 Å². The van der Waals surface area contributed by atoms with Crippen molar-refractivity contribution in [1.29, 1.82) is 0 Å². The summed E-state index contributed by atoms with van der Waals surface area (Å²) in [5.41, 5.74) is 2.13. The van der Waals surface area contributed by atoms with E-state index in [4.69, 9.17) is 11.6 Å². The molecule has 98 valence electrons. The standard InChI is InChI=1S/C16H11ClN2O/c1-10-16(20)19-14-9-5-3-7-12(14)15(18-10)11-6-2-4-8-13(11)17/h2-9H,1H3. The zero-order valence-electron chi connectivity index (χ0n) is 10.8. The Kier molecular flexibility index (Phi) is 3.20. The summed E-state index contributed by atoms with van der Waals surface area (Å²) in [5.74, 6) is 0. The summed E-state index contributed by atoms with van der Waals surface area (Å²) in [5, 5.41) is 1.41. The number of hydrogen-bond acceptors (Lipinski definition) is 3. The number of fused-ring (bicyclic) bond motifs is 1. The molecule has 0 saturated heterocycles. The van der Waals surface area contributed by atoms with Gasteiger partial charge in [-0.3, -0.25) is 4.79 Å². The van der Waals surface area contributed by atoms with Crippen LogP contribution in [0.1, 0.15) is 5.69 Å². The van der Waals surface area contributed by atoms with Gasteiger partial charge in [-0.25, -0.2) is 9.97 Å². The van der Waals surface area contributed by atoms with Crippen LogP contribution in [-0.2, 0) is 0 Å². The molecule has 0 unspecified atom stereocenters. The van der Waals surface area contributed by atoms with Crippen LogP contribution in [-0.4, -0.2) is 9.97 Å². The first-order valence-electron chi connectivity index (χ1n) is 6.19. The van der Waals surface area contributed by atoms with Gasteiger partial charge in [-0.1, -0.05) is 48.0 Å². The van der Waals surface area contributed by atoms with Crippen molar-refractivity contribution in [3.05, 3.63) is 69.6 Å². The minimum atomic E-state index is -0.320. The molecule has 3 rings (SSSR count). The average Bonchev–Trinajstić information content (AvgIpc) is 2.57. The third kappa shape index (κ3) is 2.17. The topological polar surface area (TPSA) is 42.9 Å². The van der Waals surface area contributed by atoms with Crippen LogP contribution < -0.4 is 5.56 Å². The smallest absolute Gasteiger partial charge is 0.265 e. The Balaban J connectivity index is 2.51. The lowest BCUT2D eigenvalue weighted by Gasteiger charge is -2.04. The molecule has 0 aliphatic rings. The summed E-state index contributed by atoms with van der Waals surface area (Å²) in [4.78, 5) is 20.4. The van der Waals surface area contributed by atoms with E-state index in [1.165, 1.54) is 0 Å². The molecule has 2 aromatic carbocycles. The first-order chi connectivity index (χ1) is 9.66. The largest absolute Gasteiger partial charge is 0.291 e. The lowest BCUT2D eigenvalue weighted by molar-refractivity contribution is 1.15. The van der Waals surface area contributed by atoms with Crippen molar-refractivity contribution in [2.75, 3.05) is 0 Å². The molecule has 3 aromatic rings. The third-order valence-electron chi connectivity index (χ3n) is 3.10. The van der Waals surface area contributed by atoms with E-state index < -0.39 is 0 Å². The van der Waals surface area contributed by atoms with Crippen LogP contribution in [0.3, 0.4) is 0 Å². The number of aromatic nitrogens is 2. The molecular weight excluding hydrogens is 272 g/mol. The van der Waals surface area contributed by atoms with E-state index in [-0.39, 0.29) is 5.56 Å². The van der Waals surface area contributed by atoms with Crippen molar-refractivity contribution in [1.82, 2.24) is 9.97 Å². The van der Waals surface area contributed by atoms with Gasteiger partial charge >= 0.3 is 0 Å². The van der Waals surface area contributed by atoms with Crippen molar-refractivity contribution in [3.63, 3.8) is 0 Å². The average molecular weight is 283 g/mol. The highest BCUT2D eigenvalue weighted by Gasteiger charge is 2.10. The van der Waals surface area contributed by atoms with E-state index in [1.54, 1.807) is 19.1 Å². The summed E-state index contributed by atoms with van der Waals surface area (Å²) >= 11 is 6.26. The molecule has 0 N–H and O–H groups in total. The fraction of sp³-hybridized carbons (Fsp3) is 0.0625. The SMILES string of the molecule is Cc1nc(-c2ccccc2Cl)c2ccccc2nc1=O. The second kappa shape index (κ2) is 5.02. The van der Waals surface area contributed by atoms with Crippen molar-refractivity contribution in [2.24, 2.45) is 0 Å². The molecule has 0 atom stereocenters. The minimum absolute atomic E-state index is 0.320. The van der Waals surface area contributed by atoms with Crippen molar-refractivity contribution < 1.29 is 0 Å². The zero-order chi connectivity index (χ0) is 14.1. The van der Waals surface area contributed by atoms with Crippen LogP contribution in [0.25, 0.3) is 22.2 Å². The Morgan fingerprint density at radius 2 is 1.65 bits per heavy atom. The van der Waals surface area contributed by atoms with Crippen LogP contribution in [0.4, 0.5) is 0 Å². The summed E-state index contributed by atoms with van der Waals surface area (Å²) < 4.78 is 0. The van der Waals surface area contributed by atoms with Crippen LogP contribution >= 0.6 is 11.6 Å². The molecule has 1 heterocycles. The van der Waals surface area contributed by atoms with Gasteiger partial charge in [0, 0.05) is 16.0 Å². The highest BCUT2D eigenvalue weighted by atomic mass is 35.5. The van der Waals surface area contributed by atoms with Crippen molar-refractivity contribution in [2.45, 2.75) is 6.92 Å². The van der Waals surface area contributed by atoms with Gasteiger partial charge in [0.25, 0.3) is 5.56 Å². The Labute approximate surface area is 120 Å². The van der Waals surface area contributed by atoms with Crippen molar-refractivity contribution in [3.8, 4) is 11.3 Å². The lowest BCUT2D eigenvalue weighted by Crippen LogP contribution is -2.06. The molecule has 0 radical (unpaired) electrons. The van der Waals surface area contributed by atoms with Crippen LogP contribution in [0, 0.1) is 6.92 Å². The second-order valence-electron chi connectivity index (χ2n) is 4.46. The number of nitrogens with zero attached hydrogens (tertiary/aromatic N) is 2. The predicted octanol–water partition coefficient (Wildman–Crippen LogP) is 3.62. The van der Waals surface area contributed by atoms with Gasteiger partial charge in [0.05, 0.1) is 11.2 Å². The molecule has 1 aromatic heterocycles. The summed E-state index contributed by atoms with van der Waals surface area (Å²) in [6.45, 7) is 1.66. The molecule has 20 heavy (non-hydrogen) atoms. The predicted molar refractivity (Wildman–Crippen MR) is 81.0 cm³/mol. The fourth-order valence-corrected chi connectivity index (χ4v) is 2.32. The molecule has 0 fully saturated rings. The zero-order valence-corrected chi connectivity index (χ0v) is 11.6. The van der Waals surface area contributed by atoms with E-state index in [9.17, 15) is 4.79 Å². The Morgan fingerprint density at radius 3 is 2.45 bits per heavy atom. The van der Waals surface area contributed by atoms with Gasteiger partial charge in [0.2, 0.25) is 0 Å². The number of benzene rings is 2. The quantitative estimate of drug-likeness (QED) is 0.685. The summed E-state index contributed by atoms with van der Waals surface area (Å²) in [6.07, 6.45) is 0. The summed E-state index contributed by atoms with van der Waals surface area (Å²) in [7, 11) is 0. The highest BCUT2D eigenvalue weighted by Crippen LogP contribution is 2.30. The first kappa shape index (κ1) is 12.8. The molecule has 0 aliphatic carbocycles. The summed E-state index contributed by atoms with van der Waals surface area (Å²) in [6, 6.07) is 14.9. The molecule has 0 saturated carbocycles. The van der Waals surface area contributed by atoms with Crippen LogP contribution in [0.5, 0.6) is 0 Å². The van der Waals surface area contributed by atoms with Gasteiger partial charge in [-0.05, 0) is 19.1 Å². The van der Waals surface area contributed by atoms with Gasteiger partial charge in [0.1, 0.15) is 5.69 Å². The maximum absolute atomic E-state index is 11.9. The number of para-hydroxylation sites is 1. The highest BCUT2D eigenvalue weighted by molar-refractivity contribution is 6.33. The molecule has 0 aliphatic heterocycles. The van der Waals surface area contributed by atoms with Gasteiger partial charge in [0.15, 0.2) is 0 Å². The molecule has 4 heteroatoms. The Hall–Kier alpha value is -2.26. The van der Waals surface area contributed by atoms with E-state index in [1.807, 2.05) is 36.4 Å².